The third-order valence-electron chi connectivity index (χ3n) is 4.97. The molecule has 1 aromatic heterocycles. The lowest BCUT2D eigenvalue weighted by Crippen LogP contribution is -2.41. The summed E-state index contributed by atoms with van der Waals surface area (Å²) in [6, 6.07) is 7.87. The van der Waals surface area contributed by atoms with Crippen molar-refractivity contribution in [1.29, 1.82) is 0 Å². The molecule has 1 atom stereocenters. The summed E-state index contributed by atoms with van der Waals surface area (Å²) >= 11 is 0. The van der Waals surface area contributed by atoms with Gasteiger partial charge in [0.25, 0.3) is 5.91 Å². The molecule has 1 N–H and O–H groups in total. The normalized spacial score (nSPS) is 17.0. The highest BCUT2D eigenvalue weighted by Gasteiger charge is 2.24. The van der Waals surface area contributed by atoms with E-state index < -0.39 is 12.1 Å². The summed E-state index contributed by atoms with van der Waals surface area (Å²) in [7, 11) is 1.89. The summed E-state index contributed by atoms with van der Waals surface area (Å²) in [6.07, 6.45) is 7.74. The average molecular weight is 342 g/mol. The Morgan fingerprint density at radius 2 is 1.84 bits per heavy atom. The maximum Gasteiger partial charge on any atom is 0.341 e. The number of para-hydroxylation sites is 1. The standard InChI is InChI=1S/C20H26N2O3/c1-14(19(23)21-15-9-5-3-4-6-10-15)25-20(24)17-13-22(2)18-12-8-7-11-16(17)18/h7-8,11-15H,3-6,9-10H2,1-2H3,(H,21,23)/t14-/m1/s1. The number of nitrogens with one attached hydrogen (secondary N) is 1. The molecule has 2 aromatic rings. The molecular weight excluding hydrogens is 316 g/mol. The number of fused-ring (bicyclic) bond motifs is 1. The molecule has 0 spiro atoms. The number of aryl methyl sites for hydroxylation is 1. The van der Waals surface area contributed by atoms with Crippen molar-refractivity contribution in [2.75, 3.05) is 0 Å². The van der Waals surface area contributed by atoms with Crippen molar-refractivity contribution in [2.24, 2.45) is 7.05 Å². The Labute approximate surface area is 148 Å². The first-order valence-corrected chi connectivity index (χ1v) is 9.11. The van der Waals surface area contributed by atoms with E-state index in [9.17, 15) is 9.59 Å². The van der Waals surface area contributed by atoms with Gasteiger partial charge in [-0.1, -0.05) is 43.9 Å². The van der Waals surface area contributed by atoms with Crippen molar-refractivity contribution in [3.8, 4) is 0 Å². The number of amides is 1. The lowest BCUT2D eigenvalue weighted by Gasteiger charge is -2.19. The molecule has 0 unspecified atom stereocenters. The van der Waals surface area contributed by atoms with Gasteiger partial charge in [-0.05, 0) is 25.8 Å². The number of hydrogen-bond acceptors (Lipinski definition) is 3. The fraction of sp³-hybridized carbons (Fsp3) is 0.500. The minimum Gasteiger partial charge on any atom is -0.449 e. The molecule has 1 aromatic carbocycles. The number of rotatable bonds is 4. The minimum atomic E-state index is -0.797. The van der Waals surface area contributed by atoms with Crippen LogP contribution in [-0.2, 0) is 16.6 Å². The topological polar surface area (TPSA) is 60.3 Å². The molecule has 0 bridgehead atoms. The van der Waals surface area contributed by atoms with Crippen molar-refractivity contribution in [2.45, 2.75) is 57.6 Å². The van der Waals surface area contributed by atoms with Gasteiger partial charge in [0.15, 0.2) is 6.10 Å². The van der Waals surface area contributed by atoms with Gasteiger partial charge in [0.05, 0.1) is 5.56 Å². The van der Waals surface area contributed by atoms with Crippen LogP contribution in [0.2, 0.25) is 0 Å². The van der Waals surface area contributed by atoms with Crippen LogP contribution < -0.4 is 5.32 Å². The lowest BCUT2D eigenvalue weighted by molar-refractivity contribution is -0.129. The van der Waals surface area contributed by atoms with Crippen LogP contribution in [0.1, 0.15) is 55.8 Å². The van der Waals surface area contributed by atoms with E-state index in [0.717, 1.165) is 36.6 Å². The van der Waals surface area contributed by atoms with Crippen molar-refractivity contribution >= 4 is 22.8 Å². The molecule has 134 valence electrons. The zero-order valence-corrected chi connectivity index (χ0v) is 15.0. The summed E-state index contributed by atoms with van der Waals surface area (Å²) in [5.41, 5.74) is 1.46. The van der Waals surface area contributed by atoms with E-state index in [0.29, 0.717) is 5.56 Å². The number of aromatic nitrogens is 1. The van der Waals surface area contributed by atoms with Gasteiger partial charge in [-0.3, -0.25) is 4.79 Å². The Hall–Kier alpha value is -2.30. The highest BCUT2D eigenvalue weighted by Crippen LogP contribution is 2.22. The predicted octanol–water partition coefficient (Wildman–Crippen LogP) is 3.56. The number of carbonyl (C=O) groups is 2. The Morgan fingerprint density at radius 3 is 2.56 bits per heavy atom. The Balaban J connectivity index is 1.64. The maximum absolute atomic E-state index is 12.5. The van der Waals surface area contributed by atoms with Crippen LogP contribution in [0.25, 0.3) is 10.9 Å². The number of nitrogens with zero attached hydrogens (tertiary/aromatic N) is 1. The van der Waals surface area contributed by atoms with E-state index in [1.165, 1.54) is 12.8 Å². The van der Waals surface area contributed by atoms with Gasteiger partial charge in [0.2, 0.25) is 0 Å². The highest BCUT2D eigenvalue weighted by atomic mass is 16.5. The molecule has 5 nitrogen and oxygen atoms in total. The molecule has 1 heterocycles. The Morgan fingerprint density at radius 1 is 1.16 bits per heavy atom. The largest absolute Gasteiger partial charge is 0.449 e. The van der Waals surface area contributed by atoms with Crippen molar-refractivity contribution in [3.05, 3.63) is 36.0 Å². The molecule has 1 fully saturated rings. The zero-order chi connectivity index (χ0) is 17.8. The number of esters is 1. The van der Waals surface area contributed by atoms with E-state index in [1.54, 1.807) is 13.1 Å². The summed E-state index contributed by atoms with van der Waals surface area (Å²) in [5, 5.41) is 3.88. The van der Waals surface area contributed by atoms with E-state index in [-0.39, 0.29) is 11.9 Å². The molecule has 0 radical (unpaired) electrons. The van der Waals surface area contributed by atoms with Crippen molar-refractivity contribution in [1.82, 2.24) is 9.88 Å². The summed E-state index contributed by atoms with van der Waals surface area (Å²) in [6.45, 7) is 1.63. The van der Waals surface area contributed by atoms with Gasteiger partial charge < -0.3 is 14.6 Å². The second-order valence-corrected chi connectivity index (χ2v) is 6.92. The van der Waals surface area contributed by atoms with Gasteiger partial charge in [-0.15, -0.1) is 0 Å². The summed E-state index contributed by atoms with van der Waals surface area (Å²) in [4.78, 5) is 24.9. The molecule has 5 heteroatoms. The Bertz CT molecular complexity index is 757. The van der Waals surface area contributed by atoms with Gasteiger partial charge >= 0.3 is 5.97 Å². The van der Waals surface area contributed by atoms with Crippen molar-refractivity contribution < 1.29 is 14.3 Å². The van der Waals surface area contributed by atoms with Gasteiger partial charge in [0.1, 0.15) is 0 Å². The second-order valence-electron chi connectivity index (χ2n) is 6.92. The SMILES string of the molecule is C[C@@H](OC(=O)c1cn(C)c2ccccc12)C(=O)NC1CCCCCC1. The van der Waals surface area contributed by atoms with Crippen LogP contribution in [0.4, 0.5) is 0 Å². The molecular formula is C20H26N2O3. The van der Waals surface area contributed by atoms with E-state index >= 15 is 0 Å². The molecule has 0 aliphatic heterocycles. The number of benzene rings is 1. The number of ether oxygens (including phenoxy) is 1. The third-order valence-corrected chi connectivity index (χ3v) is 4.97. The smallest absolute Gasteiger partial charge is 0.341 e. The summed E-state index contributed by atoms with van der Waals surface area (Å²) in [5.74, 6) is -0.666. The van der Waals surface area contributed by atoms with Crippen LogP contribution in [-0.4, -0.2) is 28.6 Å². The monoisotopic (exact) mass is 342 g/mol. The van der Waals surface area contributed by atoms with Gasteiger partial charge in [0, 0.05) is 30.2 Å². The number of hydrogen-bond donors (Lipinski definition) is 1. The van der Waals surface area contributed by atoms with Gasteiger partial charge in [-0.2, -0.15) is 0 Å². The second kappa shape index (κ2) is 7.72. The average Bonchev–Trinajstić information content (AvgIpc) is 2.77. The summed E-state index contributed by atoms with van der Waals surface area (Å²) < 4.78 is 7.32. The van der Waals surface area contributed by atoms with E-state index in [1.807, 2.05) is 35.9 Å². The fourth-order valence-electron chi connectivity index (χ4n) is 3.52. The fourth-order valence-corrected chi connectivity index (χ4v) is 3.52. The molecule has 25 heavy (non-hydrogen) atoms. The van der Waals surface area contributed by atoms with Crippen LogP contribution in [0, 0.1) is 0 Å². The highest BCUT2D eigenvalue weighted by molar-refractivity contribution is 6.05. The van der Waals surface area contributed by atoms with Crippen molar-refractivity contribution in [3.63, 3.8) is 0 Å². The molecule has 1 amide bonds. The molecule has 1 aliphatic rings. The number of carbonyl (C=O) groups excluding carboxylic acids is 2. The van der Waals surface area contributed by atoms with E-state index in [2.05, 4.69) is 5.32 Å². The van der Waals surface area contributed by atoms with Crippen LogP contribution in [0.3, 0.4) is 0 Å². The zero-order valence-electron chi connectivity index (χ0n) is 15.0. The first kappa shape index (κ1) is 17.5. The van der Waals surface area contributed by atoms with Crippen LogP contribution >= 0.6 is 0 Å². The van der Waals surface area contributed by atoms with Gasteiger partial charge in [-0.25, -0.2) is 4.79 Å². The maximum atomic E-state index is 12.5. The quantitative estimate of drug-likeness (QED) is 0.683. The predicted molar refractivity (Wildman–Crippen MR) is 97.4 cm³/mol. The van der Waals surface area contributed by atoms with Crippen LogP contribution in [0.5, 0.6) is 0 Å². The molecule has 1 aliphatic carbocycles. The third kappa shape index (κ3) is 4.03. The first-order valence-electron chi connectivity index (χ1n) is 9.11. The molecule has 0 saturated heterocycles. The first-order chi connectivity index (χ1) is 12.1. The molecule has 1 saturated carbocycles. The molecule has 3 rings (SSSR count). The Kier molecular flexibility index (Phi) is 5.41. The minimum absolute atomic E-state index is 0.203. The lowest BCUT2D eigenvalue weighted by atomic mass is 10.1. The van der Waals surface area contributed by atoms with Crippen LogP contribution in [0.15, 0.2) is 30.5 Å². The van der Waals surface area contributed by atoms with E-state index in [4.69, 9.17) is 4.74 Å².